The van der Waals surface area contributed by atoms with E-state index in [-0.39, 0.29) is 12.0 Å². The standard InChI is InChI=1S/C12H22N2O2/c1-14(10-5-6-10)8-7-11(12(15)16-2)13-9-3-4-9/h9-11,13H,3-8H2,1-2H3. The number of carbonyl (C=O) groups is 1. The van der Waals surface area contributed by atoms with Gasteiger partial charge in [0.15, 0.2) is 0 Å². The van der Waals surface area contributed by atoms with Crippen LogP contribution >= 0.6 is 0 Å². The molecule has 0 heterocycles. The number of methoxy groups -OCH3 is 1. The number of rotatable bonds is 7. The highest BCUT2D eigenvalue weighted by Gasteiger charge is 2.31. The molecular formula is C12H22N2O2. The molecule has 2 fully saturated rings. The van der Waals surface area contributed by atoms with Crippen molar-refractivity contribution in [3.05, 3.63) is 0 Å². The maximum atomic E-state index is 11.6. The highest BCUT2D eigenvalue weighted by atomic mass is 16.5. The van der Waals surface area contributed by atoms with Gasteiger partial charge < -0.3 is 15.0 Å². The summed E-state index contributed by atoms with van der Waals surface area (Å²) in [6.07, 6.45) is 5.89. The fourth-order valence-corrected chi connectivity index (χ4v) is 1.98. The predicted octanol–water partition coefficient (Wildman–Crippen LogP) is 0.764. The van der Waals surface area contributed by atoms with Crippen LogP contribution in [0.2, 0.25) is 0 Å². The molecule has 92 valence electrons. The van der Waals surface area contributed by atoms with Crippen LogP contribution in [-0.2, 0) is 9.53 Å². The van der Waals surface area contributed by atoms with Crippen molar-refractivity contribution >= 4 is 5.97 Å². The average Bonchev–Trinajstić information content (AvgIpc) is 3.15. The Kier molecular flexibility index (Phi) is 3.82. The van der Waals surface area contributed by atoms with Gasteiger partial charge in [-0.05, 0) is 39.2 Å². The lowest BCUT2D eigenvalue weighted by molar-refractivity contribution is -0.143. The Labute approximate surface area is 97.3 Å². The predicted molar refractivity (Wildman–Crippen MR) is 62.2 cm³/mol. The topological polar surface area (TPSA) is 41.6 Å². The van der Waals surface area contributed by atoms with Gasteiger partial charge in [0.1, 0.15) is 6.04 Å². The van der Waals surface area contributed by atoms with Gasteiger partial charge >= 0.3 is 5.97 Å². The van der Waals surface area contributed by atoms with E-state index in [0.717, 1.165) is 19.0 Å². The summed E-state index contributed by atoms with van der Waals surface area (Å²) >= 11 is 0. The first-order chi connectivity index (χ1) is 7.70. The van der Waals surface area contributed by atoms with Gasteiger partial charge in [0.2, 0.25) is 0 Å². The molecule has 0 amide bonds. The molecule has 0 aromatic heterocycles. The van der Waals surface area contributed by atoms with Gasteiger partial charge in [-0.15, -0.1) is 0 Å². The van der Waals surface area contributed by atoms with Crippen molar-refractivity contribution in [1.82, 2.24) is 10.2 Å². The number of hydrogen-bond donors (Lipinski definition) is 1. The molecule has 0 aromatic carbocycles. The molecule has 4 heteroatoms. The summed E-state index contributed by atoms with van der Waals surface area (Å²) in [5.41, 5.74) is 0. The highest BCUT2D eigenvalue weighted by Crippen LogP contribution is 2.26. The minimum atomic E-state index is -0.115. The molecule has 1 N–H and O–H groups in total. The molecule has 4 nitrogen and oxygen atoms in total. The van der Waals surface area contributed by atoms with Crippen LogP contribution in [-0.4, -0.2) is 49.7 Å². The zero-order valence-corrected chi connectivity index (χ0v) is 10.2. The van der Waals surface area contributed by atoms with E-state index < -0.39 is 0 Å². The summed E-state index contributed by atoms with van der Waals surface area (Å²) in [4.78, 5) is 13.9. The Morgan fingerprint density at radius 1 is 1.44 bits per heavy atom. The lowest BCUT2D eigenvalue weighted by atomic mass is 10.2. The smallest absolute Gasteiger partial charge is 0.322 e. The molecule has 2 aliphatic carbocycles. The van der Waals surface area contributed by atoms with Gasteiger partial charge in [-0.2, -0.15) is 0 Å². The van der Waals surface area contributed by atoms with E-state index in [0.29, 0.717) is 6.04 Å². The molecule has 0 radical (unpaired) electrons. The number of carbonyl (C=O) groups excluding carboxylic acids is 1. The molecule has 1 unspecified atom stereocenters. The molecular weight excluding hydrogens is 204 g/mol. The Morgan fingerprint density at radius 3 is 2.62 bits per heavy atom. The number of hydrogen-bond acceptors (Lipinski definition) is 4. The first-order valence-electron chi connectivity index (χ1n) is 6.25. The SMILES string of the molecule is COC(=O)C(CCN(C)C1CC1)NC1CC1. The summed E-state index contributed by atoms with van der Waals surface area (Å²) in [5, 5.41) is 3.36. The van der Waals surface area contributed by atoms with Gasteiger partial charge in [-0.25, -0.2) is 0 Å². The minimum Gasteiger partial charge on any atom is -0.468 e. The second kappa shape index (κ2) is 5.15. The monoisotopic (exact) mass is 226 g/mol. The van der Waals surface area contributed by atoms with Crippen LogP contribution in [0.25, 0.3) is 0 Å². The molecule has 0 aromatic rings. The summed E-state index contributed by atoms with van der Waals surface area (Å²) in [7, 11) is 3.61. The van der Waals surface area contributed by atoms with Gasteiger partial charge in [0, 0.05) is 18.6 Å². The lowest BCUT2D eigenvalue weighted by Crippen LogP contribution is -2.41. The fourth-order valence-electron chi connectivity index (χ4n) is 1.98. The third-order valence-electron chi connectivity index (χ3n) is 3.44. The molecule has 0 spiro atoms. The van der Waals surface area contributed by atoms with Crippen molar-refractivity contribution in [1.29, 1.82) is 0 Å². The van der Waals surface area contributed by atoms with Crippen LogP contribution < -0.4 is 5.32 Å². The van der Waals surface area contributed by atoms with Crippen molar-refractivity contribution in [3.63, 3.8) is 0 Å². The molecule has 0 aliphatic heterocycles. The summed E-state index contributed by atoms with van der Waals surface area (Å²) in [6.45, 7) is 0.976. The number of nitrogens with zero attached hydrogens (tertiary/aromatic N) is 1. The molecule has 0 bridgehead atoms. The number of ether oxygens (including phenoxy) is 1. The van der Waals surface area contributed by atoms with E-state index in [1.165, 1.54) is 32.8 Å². The summed E-state index contributed by atoms with van der Waals surface area (Å²) < 4.78 is 4.83. The van der Waals surface area contributed by atoms with Crippen molar-refractivity contribution in [2.75, 3.05) is 20.7 Å². The average molecular weight is 226 g/mol. The van der Waals surface area contributed by atoms with E-state index in [1.54, 1.807) is 0 Å². The van der Waals surface area contributed by atoms with Gasteiger partial charge in [0.25, 0.3) is 0 Å². The first kappa shape index (κ1) is 11.9. The molecule has 1 atom stereocenters. The van der Waals surface area contributed by atoms with Crippen LogP contribution in [0.4, 0.5) is 0 Å². The third kappa shape index (κ3) is 3.46. The quantitative estimate of drug-likeness (QED) is 0.651. The summed E-state index contributed by atoms with van der Waals surface area (Å²) in [6, 6.07) is 1.20. The lowest BCUT2D eigenvalue weighted by Gasteiger charge is -2.20. The second-order valence-electron chi connectivity index (χ2n) is 5.02. The van der Waals surface area contributed by atoms with Crippen molar-refractivity contribution in [2.24, 2.45) is 0 Å². The van der Waals surface area contributed by atoms with E-state index >= 15 is 0 Å². The molecule has 0 saturated heterocycles. The first-order valence-corrected chi connectivity index (χ1v) is 6.25. The normalized spacial score (nSPS) is 22.2. The van der Waals surface area contributed by atoms with Crippen LogP contribution in [0.15, 0.2) is 0 Å². The summed E-state index contributed by atoms with van der Waals surface area (Å²) in [5.74, 6) is -0.115. The third-order valence-corrected chi connectivity index (χ3v) is 3.44. The number of esters is 1. The van der Waals surface area contributed by atoms with Crippen LogP contribution in [0.1, 0.15) is 32.1 Å². The second-order valence-corrected chi connectivity index (χ2v) is 5.02. The van der Waals surface area contributed by atoms with Gasteiger partial charge in [0.05, 0.1) is 7.11 Å². The highest BCUT2D eigenvalue weighted by molar-refractivity contribution is 5.75. The molecule has 2 saturated carbocycles. The van der Waals surface area contributed by atoms with E-state index in [9.17, 15) is 4.79 Å². The van der Waals surface area contributed by atoms with Crippen molar-refractivity contribution in [2.45, 2.75) is 50.2 Å². The maximum Gasteiger partial charge on any atom is 0.322 e. The van der Waals surface area contributed by atoms with Crippen LogP contribution in [0, 0.1) is 0 Å². The minimum absolute atomic E-state index is 0.112. The Morgan fingerprint density at radius 2 is 2.12 bits per heavy atom. The van der Waals surface area contributed by atoms with Crippen LogP contribution in [0.5, 0.6) is 0 Å². The molecule has 2 rings (SSSR count). The maximum absolute atomic E-state index is 11.6. The van der Waals surface area contributed by atoms with Crippen molar-refractivity contribution in [3.8, 4) is 0 Å². The largest absolute Gasteiger partial charge is 0.468 e. The molecule has 16 heavy (non-hydrogen) atoms. The van der Waals surface area contributed by atoms with E-state index in [4.69, 9.17) is 4.74 Å². The fraction of sp³-hybridized carbons (Fsp3) is 0.917. The zero-order valence-electron chi connectivity index (χ0n) is 10.2. The van der Waals surface area contributed by atoms with E-state index in [1.807, 2.05) is 0 Å². The number of nitrogens with one attached hydrogen (secondary N) is 1. The van der Waals surface area contributed by atoms with Gasteiger partial charge in [-0.1, -0.05) is 0 Å². The van der Waals surface area contributed by atoms with E-state index in [2.05, 4.69) is 17.3 Å². The Balaban J connectivity index is 1.73. The Bertz CT molecular complexity index is 249. The zero-order chi connectivity index (χ0) is 11.5. The molecule has 2 aliphatic rings. The van der Waals surface area contributed by atoms with Crippen molar-refractivity contribution < 1.29 is 9.53 Å². The Hall–Kier alpha value is -0.610. The van der Waals surface area contributed by atoms with Crippen LogP contribution in [0.3, 0.4) is 0 Å². The van der Waals surface area contributed by atoms with Gasteiger partial charge in [-0.3, -0.25) is 4.79 Å².